The van der Waals surface area contributed by atoms with E-state index in [9.17, 15) is 0 Å². The summed E-state index contributed by atoms with van der Waals surface area (Å²) in [4.78, 5) is 4.22. The van der Waals surface area contributed by atoms with Gasteiger partial charge in [-0.2, -0.15) is 0 Å². The maximum atomic E-state index is 8.87. The number of aromatic nitrogens is 1. The van der Waals surface area contributed by atoms with Crippen LogP contribution >= 0.6 is 11.6 Å². The monoisotopic (exact) mass is 193 g/mol. The first kappa shape index (κ1) is 8.48. The minimum atomic E-state index is -0.0392. The van der Waals surface area contributed by atoms with Crippen LogP contribution in [0.5, 0.6) is 0 Å². The van der Waals surface area contributed by atoms with Gasteiger partial charge in [0.05, 0.1) is 17.8 Å². The van der Waals surface area contributed by atoms with Crippen LogP contribution in [0.3, 0.4) is 0 Å². The van der Waals surface area contributed by atoms with E-state index < -0.39 is 0 Å². The summed E-state index contributed by atoms with van der Waals surface area (Å²) in [6.45, 7) is -0.0392. The van der Waals surface area contributed by atoms with Crippen molar-refractivity contribution in [3.05, 3.63) is 41.0 Å². The third kappa shape index (κ3) is 1.64. The van der Waals surface area contributed by atoms with Crippen LogP contribution in [0.1, 0.15) is 5.69 Å². The number of aliphatic hydroxyl groups excluding tert-OH is 1. The Morgan fingerprint density at radius 2 is 2.00 bits per heavy atom. The van der Waals surface area contributed by atoms with Gasteiger partial charge in [-0.05, 0) is 18.2 Å². The van der Waals surface area contributed by atoms with Crippen molar-refractivity contribution < 1.29 is 5.11 Å². The standard InChI is InChI=1S/C10H8ClNO/c11-8-3-1-7-2-4-9(6-13)12-10(7)5-8/h1-5,13H,6H2. The molecule has 0 radical (unpaired) electrons. The van der Waals surface area contributed by atoms with Gasteiger partial charge in [-0.15, -0.1) is 0 Å². The third-order valence-electron chi connectivity index (χ3n) is 1.87. The minimum absolute atomic E-state index is 0.0392. The number of pyridine rings is 1. The molecule has 0 aliphatic heterocycles. The van der Waals surface area contributed by atoms with Crippen molar-refractivity contribution in [2.24, 2.45) is 0 Å². The van der Waals surface area contributed by atoms with Gasteiger partial charge in [-0.25, -0.2) is 0 Å². The molecule has 0 saturated heterocycles. The van der Waals surface area contributed by atoms with Crippen LogP contribution in [-0.2, 0) is 6.61 Å². The number of hydrogen-bond acceptors (Lipinski definition) is 2. The van der Waals surface area contributed by atoms with E-state index in [2.05, 4.69) is 4.98 Å². The molecule has 0 spiro atoms. The third-order valence-corrected chi connectivity index (χ3v) is 2.11. The maximum absolute atomic E-state index is 8.87. The van der Waals surface area contributed by atoms with Gasteiger partial charge in [0.1, 0.15) is 0 Å². The molecule has 0 amide bonds. The molecule has 1 heterocycles. The number of nitrogens with zero attached hydrogens (tertiary/aromatic N) is 1. The molecule has 66 valence electrons. The molecular formula is C10H8ClNO. The number of rotatable bonds is 1. The van der Waals surface area contributed by atoms with Crippen molar-refractivity contribution in [2.45, 2.75) is 6.61 Å². The van der Waals surface area contributed by atoms with E-state index in [1.165, 1.54) is 0 Å². The maximum Gasteiger partial charge on any atom is 0.0853 e. The van der Waals surface area contributed by atoms with Gasteiger partial charge in [0, 0.05) is 10.4 Å². The average molecular weight is 194 g/mol. The zero-order valence-electron chi connectivity index (χ0n) is 6.87. The van der Waals surface area contributed by atoms with Gasteiger partial charge >= 0.3 is 0 Å². The fourth-order valence-corrected chi connectivity index (χ4v) is 1.39. The van der Waals surface area contributed by atoms with Crippen LogP contribution < -0.4 is 0 Å². The lowest BCUT2D eigenvalue weighted by Gasteiger charge is -1.99. The highest BCUT2D eigenvalue weighted by Gasteiger charge is 1.97. The molecule has 0 aliphatic rings. The molecular weight excluding hydrogens is 186 g/mol. The Bertz CT molecular complexity index is 442. The second-order valence-electron chi connectivity index (χ2n) is 2.80. The lowest BCUT2D eigenvalue weighted by molar-refractivity contribution is 0.277. The van der Waals surface area contributed by atoms with Crippen LogP contribution in [0.4, 0.5) is 0 Å². The van der Waals surface area contributed by atoms with Crippen LogP contribution in [0, 0.1) is 0 Å². The molecule has 0 fully saturated rings. The van der Waals surface area contributed by atoms with Gasteiger partial charge in [0.15, 0.2) is 0 Å². The topological polar surface area (TPSA) is 33.1 Å². The SMILES string of the molecule is OCc1ccc2ccc(Cl)cc2n1. The van der Waals surface area contributed by atoms with E-state index in [1.807, 2.05) is 18.2 Å². The van der Waals surface area contributed by atoms with Crippen molar-refractivity contribution in [3.63, 3.8) is 0 Å². The molecule has 2 nitrogen and oxygen atoms in total. The molecule has 0 unspecified atom stereocenters. The van der Waals surface area contributed by atoms with Crippen molar-refractivity contribution in [3.8, 4) is 0 Å². The van der Waals surface area contributed by atoms with Gasteiger partial charge < -0.3 is 5.11 Å². The molecule has 1 aromatic heterocycles. The Labute approximate surface area is 80.8 Å². The smallest absolute Gasteiger partial charge is 0.0853 e. The van der Waals surface area contributed by atoms with Gasteiger partial charge in [0.2, 0.25) is 0 Å². The van der Waals surface area contributed by atoms with E-state index in [0.29, 0.717) is 10.7 Å². The number of fused-ring (bicyclic) bond motifs is 1. The molecule has 2 aromatic rings. The zero-order chi connectivity index (χ0) is 9.26. The molecule has 0 bridgehead atoms. The Kier molecular flexibility index (Phi) is 2.17. The van der Waals surface area contributed by atoms with Crippen LogP contribution in [0.2, 0.25) is 5.02 Å². The highest BCUT2D eigenvalue weighted by molar-refractivity contribution is 6.31. The molecule has 3 heteroatoms. The molecule has 1 N–H and O–H groups in total. The first-order valence-corrected chi connectivity index (χ1v) is 4.33. The van der Waals surface area contributed by atoms with Gasteiger partial charge in [0.25, 0.3) is 0 Å². The second kappa shape index (κ2) is 3.32. The summed E-state index contributed by atoms with van der Waals surface area (Å²) in [7, 11) is 0. The summed E-state index contributed by atoms with van der Waals surface area (Å²) < 4.78 is 0. The van der Waals surface area contributed by atoms with Crippen LogP contribution in [0.15, 0.2) is 30.3 Å². The number of aliphatic hydroxyl groups is 1. The Morgan fingerprint density at radius 1 is 1.23 bits per heavy atom. The Morgan fingerprint density at radius 3 is 2.77 bits per heavy atom. The normalized spacial score (nSPS) is 10.6. The zero-order valence-corrected chi connectivity index (χ0v) is 7.62. The largest absolute Gasteiger partial charge is 0.390 e. The predicted molar refractivity (Wildman–Crippen MR) is 52.7 cm³/mol. The molecule has 2 rings (SSSR count). The summed E-state index contributed by atoms with van der Waals surface area (Å²) in [6, 6.07) is 9.24. The molecule has 0 aliphatic carbocycles. The molecule has 0 saturated carbocycles. The van der Waals surface area contributed by atoms with E-state index >= 15 is 0 Å². The summed E-state index contributed by atoms with van der Waals surface area (Å²) in [5, 5.41) is 10.6. The van der Waals surface area contributed by atoms with Crippen molar-refractivity contribution in [1.29, 1.82) is 0 Å². The summed E-state index contributed by atoms with van der Waals surface area (Å²) >= 11 is 5.81. The summed E-state index contributed by atoms with van der Waals surface area (Å²) in [6.07, 6.45) is 0. The quantitative estimate of drug-likeness (QED) is 0.755. The summed E-state index contributed by atoms with van der Waals surface area (Å²) in [5.41, 5.74) is 1.48. The van der Waals surface area contributed by atoms with Gasteiger partial charge in [-0.3, -0.25) is 4.98 Å². The highest BCUT2D eigenvalue weighted by Crippen LogP contribution is 2.17. The van der Waals surface area contributed by atoms with E-state index in [-0.39, 0.29) is 6.61 Å². The average Bonchev–Trinajstić information content (AvgIpc) is 2.16. The van der Waals surface area contributed by atoms with E-state index in [0.717, 1.165) is 10.9 Å². The second-order valence-corrected chi connectivity index (χ2v) is 3.23. The first-order chi connectivity index (χ1) is 6.29. The highest BCUT2D eigenvalue weighted by atomic mass is 35.5. The Balaban J connectivity index is 2.68. The fraction of sp³-hybridized carbons (Fsp3) is 0.100. The van der Waals surface area contributed by atoms with Crippen molar-refractivity contribution in [1.82, 2.24) is 4.98 Å². The minimum Gasteiger partial charge on any atom is -0.390 e. The van der Waals surface area contributed by atoms with E-state index in [1.54, 1.807) is 12.1 Å². The van der Waals surface area contributed by atoms with Gasteiger partial charge in [-0.1, -0.05) is 23.7 Å². The predicted octanol–water partition coefficient (Wildman–Crippen LogP) is 2.38. The number of benzene rings is 1. The lowest BCUT2D eigenvalue weighted by atomic mass is 10.2. The van der Waals surface area contributed by atoms with E-state index in [4.69, 9.17) is 16.7 Å². The molecule has 1 aromatic carbocycles. The first-order valence-electron chi connectivity index (χ1n) is 3.95. The van der Waals surface area contributed by atoms with Crippen molar-refractivity contribution in [2.75, 3.05) is 0 Å². The molecule has 13 heavy (non-hydrogen) atoms. The van der Waals surface area contributed by atoms with Crippen molar-refractivity contribution >= 4 is 22.5 Å². The lowest BCUT2D eigenvalue weighted by Crippen LogP contribution is -1.88. The Hall–Kier alpha value is -1.12. The summed E-state index contributed by atoms with van der Waals surface area (Å²) in [5.74, 6) is 0. The van der Waals surface area contributed by atoms with Crippen LogP contribution in [0.25, 0.3) is 10.9 Å². The van der Waals surface area contributed by atoms with Crippen LogP contribution in [-0.4, -0.2) is 10.1 Å². The number of halogens is 1. The molecule has 0 atom stereocenters. The number of hydrogen-bond donors (Lipinski definition) is 1. The fourth-order valence-electron chi connectivity index (χ4n) is 1.22.